The lowest BCUT2D eigenvalue weighted by Gasteiger charge is -2.28. The zero-order chi connectivity index (χ0) is 15.1. The maximum atomic E-state index is 11.2. The van der Waals surface area contributed by atoms with Crippen LogP contribution in [0.25, 0.3) is 0 Å². The predicted octanol–water partition coefficient (Wildman–Crippen LogP) is 1.99. The molecule has 6 heteroatoms. The van der Waals surface area contributed by atoms with E-state index in [4.69, 9.17) is 9.47 Å². The lowest BCUT2D eigenvalue weighted by atomic mass is 10.1. The van der Waals surface area contributed by atoms with E-state index < -0.39 is 6.09 Å². The average Bonchev–Trinajstić information content (AvgIpc) is 2.54. The van der Waals surface area contributed by atoms with E-state index in [-0.39, 0.29) is 0 Å². The molecule has 0 saturated carbocycles. The van der Waals surface area contributed by atoms with Crippen molar-refractivity contribution in [2.75, 3.05) is 37.8 Å². The van der Waals surface area contributed by atoms with Gasteiger partial charge in [-0.25, -0.2) is 10.2 Å². The summed E-state index contributed by atoms with van der Waals surface area (Å²) in [5.41, 5.74) is 5.23. The van der Waals surface area contributed by atoms with Gasteiger partial charge in [-0.05, 0) is 31.5 Å². The van der Waals surface area contributed by atoms with E-state index in [2.05, 4.69) is 27.6 Å². The van der Waals surface area contributed by atoms with Crippen LogP contribution in [0.5, 0.6) is 0 Å². The Kier molecular flexibility index (Phi) is 5.57. The highest BCUT2D eigenvalue weighted by Crippen LogP contribution is 2.17. The molecule has 114 valence electrons. The van der Waals surface area contributed by atoms with Crippen molar-refractivity contribution in [2.24, 2.45) is 5.10 Å². The van der Waals surface area contributed by atoms with Crippen molar-refractivity contribution in [2.45, 2.75) is 13.8 Å². The van der Waals surface area contributed by atoms with E-state index in [1.54, 1.807) is 6.92 Å². The Balaban J connectivity index is 1.97. The molecule has 0 radical (unpaired) electrons. The normalized spacial score (nSPS) is 15.7. The van der Waals surface area contributed by atoms with Gasteiger partial charge in [-0.3, -0.25) is 0 Å². The molecule has 1 N–H and O–H groups in total. The van der Waals surface area contributed by atoms with Crippen LogP contribution in [-0.2, 0) is 9.47 Å². The second kappa shape index (κ2) is 7.64. The summed E-state index contributed by atoms with van der Waals surface area (Å²) in [6, 6.07) is 8.11. The predicted molar refractivity (Wildman–Crippen MR) is 81.8 cm³/mol. The molecule has 1 fully saturated rings. The van der Waals surface area contributed by atoms with E-state index >= 15 is 0 Å². The van der Waals surface area contributed by atoms with Crippen LogP contribution < -0.4 is 10.3 Å². The molecule has 0 bridgehead atoms. The summed E-state index contributed by atoms with van der Waals surface area (Å²) in [7, 11) is 0. The van der Waals surface area contributed by atoms with Gasteiger partial charge in [-0.2, -0.15) is 5.10 Å². The molecule has 6 nitrogen and oxygen atoms in total. The van der Waals surface area contributed by atoms with Gasteiger partial charge in [-0.1, -0.05) is 12.1 Å². The maximum absolute atomic E-state index is 11.2. The number of carbonyl (C=O) groups excluding carboxylic acids is 1. The van der Waals surface area contributed by atoms with Crippen molar-refractivity contribution in [1.29, 1.82) is 0 Å². The summed E-state index contributed by atoms with van der Waals surface area (Å²) in [5.74, 6) is 0. The lowest BCUT2D eigenvalue weighted by molar-refractivity contribution is 0.122. The lowest BCUT2D eigenvalue weighted by Crippen LogP contribution is -2.36. The first kappa shape index (κ1) is 15.3. The van der Waals surface area contributed by atoms with Gasteiger partial charge < -0.3 is 14.4 Å². The Morgan fingerprint density at radius 3 is 2.62 bits per heavy atom. The van der Waals surface area contributed by atoms with E-state index in [0.717, 1.165) is 37.6 Å². The quantitative estimate of drug-likeness (QED) is 0.680. The number of amides is 1. The molecule has 0 spiro atoms. The number of benzene rings is 1. The molecule has 0 aromatic heterocycles. The molecule has 1 amide bonds. The van der Waals surface area contributed by atoms with Crippen LogP contribution in [0.1, 0.15) is 19.4 Å². The summed E-state index contributed by atoms with van der Waals surface area (Å²) < 4.78 is 10.1. The second-order valence-corrected chi connectivity index (χ2v) is 4.68. The van der Waals surface area contributed by atoms with Gasteiger partial charge in [0.1, 0.15) is 0 Å². The van der Waals surface area contributed by atoms with Crippen molar-refractivity contribution in [3.8, 4) is 0 Å². The highest BCUT2D eigenvalue weighted by Gasteiger charge is 2.11. The number of nitrogens with one attached hydrogen (secondary N) is 1. The minimum Gasteiger partial charge on any atom is -0.449 e. The van der Waals surface area contributed by atoms with Crippen molar-refractivity contribution in [3.63, 3.8) is 0 Å². The minimum atomic E-state index is -0.540. The van der Waals surface area contributed by atoms with E-state index in [9.17, 15) is 4.79 Å². The fraction of sp³-hybridized carbons (Fsp3) is 0.467. The highest BCUT2D eigenvalue weighted by molar-refractivity contribution is 5.99. The number of hydrazone groups is 1. The van der Waals surface area contributed by atoms with Crippen molar-refractivity contribution in [1.82, 2.24) is 5.43 Å². The van der Waals surface area contributed by atoms with Crippen LogP contribution >= 0.6 is 0 Å². The zero-order valence-corrected chi connectivity index (χ0v) is 12.5. The molecule has 1 aromatic carbocycles. The summed E-state index contributed by atoms with van der Waals surface area (Å²) in [6.45, 7) is 7.29. The van der Waals surface area contributed by atoms with Gasteiger partial charge in [0.25, 0.3) is 0 Å². The summed E-state index contributed by atoms with van der Waals surface area (Å²) in [4.78, 5) is 13.5. The van der Waals surface area contributed by atoms with Gasteiger partial charge in [0.05, 0.1) is 25.5 Å². The number of ether oxygens (including phenoxy) is 2. The third-order valence-corrected chi connectivity index (χ3v) is 3.25. The van der Waals surface area contributed by atoms with E-state index in [0.29, 0.717) is 6.61 Å². The van der Waals surface area contributed by atoms with Gasteiger partial charge in [0, 0.05) is 18.8 Å². The molecule has 1 aliphatic rings. The monoisotopic (exact) mass is 291 g/mol. The Morgan fingerprint density at radius 1 is 1.33 bits per heavy atom. The van der Waals surface area contributed by atoms with Crippen molar-refractivity contribution in [3.05, 3.63) is 29.8 Å². The molecular formula is C15H21N3O3. The Morgan fingerprint density at radius 2 is 2.00 bits per heavy atom. The Labute approximate surface area is 124 Å². The first-order valence-electron chi connectivity index (χ1n) is 7.11. The fourth-order valence-electron chi connectivity index (χ4n) is 2.09. The van der Waals surface area contributed by atoms with Crippen LogP contribution in [0.15, 0.2) is 29.4 Å². The molecule has 1 heterocycles. The number of hydrogen-bond acceptors (Lipinski definition) is 5. The van der Waals surface area contributed by atoms with Gasteiger partial charge in [0.2, 0.25) is 0 Å². The third kappa shape index (κ3) is 4.46. The smallest absolute Gasteiger partial charge is 0.427 e. The number of anilines is 1. The molecule has 0 aliphatic carbocycles. The summed E-state index contributed by atoms with van der Waals surface area (Å²) >= 11 is 0. The molecular weight excluding hydrogens is 270 g/mol. The van der Waals surface area contributed by atoms with Gasteiger partial charge >= 0.3 is 6.09 Å². The van der Waals surface area contributed by atoms with Crippen LogP contribution in [-0.4, -0.2) is 44.7 Å². The Bertz CT molecular complexity index is 493. The molecule has 1 aliphatic heterocycles. The number of hydrogen-bond donors (Lipinski definition) is 1. The van der Waals surface area contributed by atoms with Crippen LogP contribution in [0.3, 0.4) is 0 Å². The van der Waals surface area contributed by atoms with Crippen molar-refractivity contribution < 1.29 is 14.3 Å². The molecule has 2 rings (SSSR count). The first-order valence-corrected chi connectivity index (χ1v) is 7.11. The van der Waals surface area contributed by atoms with Crippen LogP contribution in [0.2, 0.25) is 0 Å². The SMILES string of the molecule is CCOC(=O)N/N=C(\C)c1ccc(N2CCOCC2)cc1. The highest BCUT2D eigenvalue weighted by atomic mass is 16.5. The standard InChI is InChI=1S/C15H21N3O3/c1-3-21-15(19)17-16-12(2)13-4-6-14(7-5-13)18-8-10-20-11-9-18/h4-7H,3,8-11H2,1-2H3,(H,17,19)/b16-12+. The second-order valence-electron chi connectivity index (χ2n) is 4.68. The number of carbonyl (C=O) groups is 1. The molecule has 1 aromatic rings. The average molecular weight is 291 g/mol. The molecule has 0 unspecified atom stereocenters. The van der Waals surface area contributed by atoms with Crippen LogP contribution in [0, 0.1) is 0 Å². The number of nitrogens with zero attached hydrogens (tertiary/aromatic N) is 2. The van der Waals surface area contributed by atoms with E-state index in [1.807, 2.05) is 19.1 Å². The molecule has 0 atom stereocenters. The largest absolute Gasteiger partial charge is 0.449 e. The molecule has 1 saturated heterocycles. The summed E-state index contributed by atoms with van der Waals surface area (Å²) in [5, 5.41) is 4.01. The van der Waals surface area contributed by atoms with Gasteiger partial charge in [-0.15, -0.1) is 0 Å². The third-order valence-electron chi connectivity index (χ3n) is 3.25. The number of rotatable bonds is 4. The number of morpholine rings is 1. The minimum absolute atomic E-state index is 0.328. The Hall–Kier alpha value is -2.08. The van der Waals surface area contributed by atoms with Gasteiger partial charge in [0.15, 0.2) is 0 Å². The first-order chi connectivity index (χ1) is 10.2. The van der Waals surface area contributed by atoms with Crippen molar-refractivity contribution >= 4 is 17.5 Å². The molecule has 21 heavy (non-hydrogen) atoms. The fourth-order valence-corrected chi connectivity index (χ4v) is 2.09. The zero-order valence-electron chi connectivity index (χ0n) is 12.5. The van der Waals surface area contributed by atoms with E-state index in [1.165, 1.54) is 5.69 Å². The summed E-state index contributed by atoms with van der Waals surface area (Å²) in [6.07, 6.45) is -0.540. The maximum Gasteiger partial charge on any atom is 0.427 e. The van der Waals surface area contributed by atoms with Crippen LogP contribution in [0.4, 0.5) is 10.5 Å². The topological polar surface area (TPSA) is 63.2 Å².